The van der Waals surface area contributed by atoms with Gasteiger partial charge in [-0.3, -0.25) is 32.5 Å². The topological polar surface area (TPSA) is 249 Å². The molecule has 7 rings (SSSR count). The van der Waals surface area contributed by atoms with Gasteiger partial charge in [0.1, 0.15) is 36.4 Å². The lowest BCUT2D eigenvalue weighted by Gasteiger charge is -2.25. The Labute approximate surface area is 245 Å². The number of anilines is 2. The van der Waals surface area contributed by atoms with Crippen LogP contribution in [-0.2, 0) is 36.7 Å². The minimum atomic E-state index is -4.32. The Kier molecular flexibility index (Phi) is 7.26. The molecule has 4 aromatic heterocycles. The Hall–Kier alpha value is -3.00. The summed E-state index contributed by atoms with van der Waals surface area (Å²) in [6.45, 7) is -5.26. The lowest BCUT2D eigenvalue weighted by Crippen LogP contribution is -2.32. The molecule has 5 N–H and O–H groups in total. The molecule has 0 spiro atoms. The molecule has 0 radical (unpaired) electrons. The smallest absolute Gasteiger partial charge is 0.382 e. The molecule has 0 aromatic carbocycles. The van der Waals surface area contributed by atoms with Gasteiger partial charge in [0, 0.05) is 6.42 Å². The Bertz CT molecular complexity index is 1840. The van der Waals surface area contributed by atoms with E-state index in [-0.39, 0.29) is 29.4 Å². The fourth-order valence-corrected chi connectivity index (χ4v) is 7.50. The first-order chi connectivity index (χ1) is 20.6. The summed E-state index contributed by atoms with van der Waals surface area (Å²) >= 11 is 4.06. The number of nitrogens with zero attached hydrogens (tertiary/aromatic N) is 7. The number of aromatic amines is 1. The second-order valence-electron chi connectivity index (χ2n) is 9.78. The van der Waals surface area contributed by atoms with Crippen LogP contribution in [0.25, 0.3) is 22.3 Å². The van der Waals surface area contributed by atoms with Crippen molar-refractivity contribution >= 4 is 61.4 Å². The number of halogens is 1. The number of nitrogens with one attached hydrogen (secondary N) is 1. The third kappa shape index (κ3) is 5.23. The number of aromatic nitrogens is 8. The summed E-state index contributed by atoms with van der Waals surface area (Å²) in [7, 11) is -3.24. The van der Waals surface area contributed by atoms with Gasteiger partial charge in [-0.25, -0.2) is 28.9 Å². The molecule has 3 saturated heterocycles. The predicted octanol–water partition coefficient (Wildman–Crippen LogP) is 0.892. The third-order valence-electron chi connectivity index (χ3n) is 7.14. The average molecular weight is 660 g/mol. The normalized spacial score (nSPS) is 35.4. The summed E-state index contributed by atoms with van der Waals surface area (Å²) in [4.78, 5) is 35.0. The highest BCUT2D eigenvalue weighted by atomic mass is 32.7. The molecule has 2 bridgehead atoms. The van der Waals surface area contributed by atoms with E-state index >= 15 is 4.39 Å². The van der Waals surface area contributed by atoms with Crippen molar-refractivity contribution < 1.29 is 41.1 Å². The predicted molar refractivity (Wildman–Crippen MR) is 147 cm³/mol. The molecule has 1 unspecified atom stereocenters. The van der Waals surface area contributed by atoms with Crippen LogP contribution in [0.5, 0.6) is 0 Å². The number of hydrogen-bond donors (Lipinski definition) is 4. The largest absolute Gasteiger partial charge is 0.386 e. The molecule has 43 heavy (non-hydrogen) atoms. The van der Waals surface area contributed by atoms with E-state index in [1.54, 1.807) is 4.57 Å². The number of thiol groups is 1. The molecule has 3 aliphatic rings. The standard InChI is InChI=1S/C20H23FN10O9P2S/c21-11-9-2-35-41(33)39-7-1-10(30-5-26-12-15(22)24-4-25-16(12)30)37-8(7)3-36-42(34,43)40-14(11)19(38-9)31-6-27-13-17(31)28-20(23)29-18(13)32/h4-11,14,19,41H,1-3H2,(H,34,43)(H2,22,24,25)(H3,23,28,29,32)/t7-,8+,9+,10+,11+,14+,19+,42+/m0/s1. The monoisotopic (exact) mass is 660 g/mol. The first-order valence-corrected chi connectivity index (χ1v) is 16.6. The summed E-state index contributed by atoms with van der Waals surface area (Å²) in [5, 5.41) is 0. The van der Waals surface area contributed by atoms with Crippen LogP contribution in [-0.4, -0.2) is 82.8 Å². The molecule has 3 fully saturated rings. The van der Waals surface area contributed by atoms with E-state index in [4.69, 9.17) is 39.0 Å². The zero-order valence-electron chi connectivity index (χ0n) is 21.6. The maximum atomic E-state index is 15.7. The molecule has 19 nitrogen and oxygen atoms in total. The van der Waals surface area contributed by atoms with E-state index in [2.05, 4.69) is 42.2 Å². The van der Waals surface area contributed by atoms with E-state index in [0.29, 0.717) is 11.2 Å². The van der Waals surface area contributed by atoms with Crippen LogP contribution in [0, 0.1) is 0 Å². The molecule has 3 aliphatic heterocycles. The zero-order valence-corrected chi connectivity index (χ0v) is 24.4. The summed E-state index contributed by atoms with van der Waals surface area (Å²) in [6.07, 6.45) is -4.84. The number of H-pyrrole nitrogens is 1. The summed E-state index contributed by atoms with van der Waals surface area (Å²) in [5.74, 6) is -0.0527. The van der Waals surface area contributed by atoms with Crippen molar-refractivity contribution in [1.82, 2.24) is 39.0 Å². The lowest BCUT2D eigenvalue weighted by molar-refractivity contribution is -0.0555. The van der Waals surface area contributed by atoms with Crippen LogP contribution in [0.15, 0.2) is 23.8 Å². The lowest BCUT2D eigenvalue weighted by atomic mass is 10.1. The van der Waals surface area contributed by atoms with Crippen molar-refractivity contribution in [2.24, 2.45) is 0 Å². The number of nitrogen functional groups attached to an aromatic ring is 2. The molecule has 0 amide bonds. The van der Waals surface area contributed by atoms with Crippen molar-refractivity contribution in [2.75, 3.05) is 24.7 Å². The first-order valence-electron chi connectivity index (χ1n) is 12.7. The van der Waals surface area contributed by atoms with Gasteiger partial charge in [0.25, 0.3) is 5.56 Å². The highest BCUT2D eigenvalue weighted by Crippen LogP contribution is 2.58. The van der Waals surface area contributed by atoms with Crippen molar-refractivity contribution in [3.8, 4) is 0 Å². The number of alkyl halides is 1. The molecule has 0 aliphatic carbocycles. The van der Waals surface area contributed by atoms with Crippen LogP contribution in [0.3, 0.4) is 0 Å². The number of fused-ring (bicyclic) bond motifs is 5. The van der Waals surface area contributed by atoms with Gasteiger partial charge in [-0.1, -0.05) is 12.2 Å². The Balaban J connectivity index is 1.17. The van der Waals surface area contributed by atoms with Crippen LogP contribution in [0.4, 0.5) is 16.2 Å². The van der Waals surface area contributed by atoms with E-state index in [1.807, 2.05) is 0 Å². The first kappa shape index (κ1) is 28.8. The molecule has 230 valence electrons. The summed E-state index contributed by atoms with van der Waals surface area (Å²) in [6, 6.07) is 0. The van der Waals surface area contributed by atoms with Crippen LogP contribution in [0.1, 0.15) is 18.9 Å². The zero-order chi connectivity index (χ0) is 30.0. The number of hydrogen-bond acceptors (Lipinski definition) is 16. The number of rotatable bonds is 2. The van der Waals surface area contributed by atoms with Gasteiger partial charge in [-0.05, 0) is 0 Å². The Morgan fingerprint density at radius 1 is 1.05 bits per heavy atom. The van der Waals surface area contributed by atoms with Gasteiger partial charge in [-0.15, -0.1) is 0 Å². The summed E-state index contributed by atoms with van der Waals surface area (Å²) < 4.78 is 78.8. The van der Waals surface area contributed by atoms with Gasteiger partial charge < -0.3 is 30.0 Å². The van der Waals surface area contributed by atoms with Gasteiger partial charge in [0.05, 0.1) is 32.0 Å². The number of ether oxygens (including phenoxy) is 2. The molecule has 7 heterocycles. The Morgan fingerprint density at radius 2 is 1.84 bits per heavy atom. The van der Waals surface area contributed by atoms with Crippen molar-refractivity contribution in [3.63, 3.8) is 0 Å². The fraction of sp³-hybridized carbons (Fsp3) is 0.500. The Morgan fingerprint density at radius 3 is 2.67 bits per heavy atom. The molecule has 4 aromatic rings. The van der Waals surface area contributed by atoms with Gasteiger partial charge in [0.2, 0.25) is 5.95 Å². The van der Waals surface area contributed by atoms with Crippen LogP contribution >= 0.6 is 27.3 Å². The van der Waals surface area contributed by atoms with E-state index in [1.165, 1.54) is 17.2 Å². The van der Waals surface area contributed by atoms with E-state index < -0.39 is 76.9 Å². The van der Waals surface area contributed by atoms with E-state index in [9.17, 15) is 13.9 Å². The molecular formula is C20H23FN10O9P2S. The summed E-state index contributed by atoms with van der Waals surface area (Å²) in [5.41, 5.74) is 11.5. The second kappa shape index (κ2) is 10.9. The van der Waals surface area contributed by atoms with Crippen molar-refractivity contribution in [3.05, 3.63) is 29.3 Å². The number of imidazole rings is 2. The highest BCUT2D eigenvalue weighted by Gasteiger charge is 2.51. The minimum Gasteiger partial charge on any atom is -0.382 e. The van der Waals surface area contributed by atoms with Gasteiger partial charge in [0.15, 0.2) is 35.0 Å². The highest BCUT2D eigenvalue weighted by molar-refractivity contribution is 8.44. The maximum Gasteiger partial charge on any atom is 0.386 e. The van der Waals surface area contributed by atoms with Crippen molar-refractivity contribution in [1.29, 1.82) is 0 Å². The maximum absolute atomic E-state index is 15.7. The van der Waals surface area contributed by atoms with Crippen LogP contribution in [0.2, 0.25) is 0 Å². The quantitative estimate of drug-likeness (QED) is 0.172. The third-order valence-corrected chi connectivity index (χ3v) is 9.65. The van der Waals surface area contributed by atoms with Gasteiger partial charge in [-0.2, -0.15) is 4.98 Å². The average Bonchev–Trinajstić information content (AvgIpc) is 3.72. The number of nitrogens with two attached hydrogens (primary N) is 2. The molecular weight excluding hydrogens is 637 g/mol. The second-order valence-corrected chi connectivity index (χ2v) is 13.7. The minimum absolute atomic E-state index is 0.0474. The van der Waals surface area contributed by atoms with Crippen LogP contribution < -0.4 is 17.0 Å². The van der Waals surface area contributed by atoms with Crippen molar-refractivity contribution in [2.45, 2.75) is 49.5 Å². The molecule has 0 saturated carbocycles. The van der Waals surface area contributed by atoms with E-state index in [0.717, 1.165) is 6.33 Å². The molecule has 23 heteroatoms. The fourth-order valence-electron chi connectivity index (χ4n) is 5.18. The molecule has 9 atom stereocenters. The van der Waals surface area contributed by atoms with Gasteiger partial charge >= 0.3 is 15.1 Å². The SMILES string of the molecule is Nc1nc2c(ncn2[C@@H]2O[C@@H]3CO[PH](=O)O[C@H]4C[C@H](n5cnc6c(N)ncnc65)O[C@@H]4CO[P@@](=O)(S)O[C@@H]2[C@@H]3F)c(=O)[nH]1.